The largest absolute Gasteiger partial charge is 0.379 e. The van der Waals surface area contributed by atoms with Gasteiger partial charge in [0.2, 0.25) is 0 Å². The molecule has 166 valence electrons. The van der Waals surface area contributed by atoms with Crippen molar-refractivity contribution < 1.29 is 13.9 Å². The van der Waals surface area contributed by atoms with E-state index in [-0.39, 0.29) is 17.8 Å². The Hall–Kier alpha value is -2.28. The molecule has 1 atom stereocenters. The zero-order valence-electron chi connectivity index (χ0n) is 18.1. The molecule has 0 radical (unpaired) electrons. The minimum Gasteiger partial charge on any atom is -0.379 e. The highest BCUT2D eigenvalue weighted by Gasteiger charge is 2.23. The van der Waals surface area contributed by atoms with Gasteiger partial charge in [-0.2, -0.15) is 0 Å². The molecule has 0 bridgehead atoms. The van der Waals surface area contributed by atoms with Crippen LogP contribution in [0.3, 0.4) is 0 Å². The summed E-state index contributed by atoms with van der Waals surface area (Å²) in [6, 6.07) is 14.5. The molecular weight excluding hydrogens is 393 g/mol. The number of carbonyl (C=O) groups is 1. The summed E-state index contributed by atoms with van der Waals surface area (Å²) in [6.45, 7) is 6.68. The summed E-state index contributed by atoms with van der Waals surface area (Å²) in [5.41, 5.74) is 2.92. The number of hydrogen-bond donors (Lipinski definition) is 1. The number of rotatable bonds is 7. The van der Waals surface area contributed by atoms with Crippen molar-refractivity contribution in [3.05, 3.63) is 71.0 Å². The van der Waals surface area contributed by atoms with E-state index in [1.807, 2.05) is 12.1 Å². The standard InChI is InChI=1S/C25H32FN3O2/c26-23-10-8-21(9-11-23)24(29-14-16-31-17-15-29)18-27-25(30)22-6-4-20(5-7-22)19-28-12-2-1-3-13-28/h4-11,24H,1-3,12-19H2,(H,27,30). The van der Waals surface area contributed by atoms with E-state index in [9.17, 15) is 9.18 Å². The predicted octanol–water partition coefficient (Wildman–Crippen LogP) is 3.61. The molecule has 4 rings (SSSR count). The first kappa shape index (κ1) is 21.9. The predicted molar refractivity (Wildman–Crippen MR) is 119 cm³/mol. The van der Waals surface area contributed by atoms with Gasteiger partial charge in [-0.25, -0.2) is 4.39 Å². The molecule has 0 saturated carbocycles. The maximum Gasteiger partial charge on any atom is 0.251 e. The number of nitrogens with one attached hydrogen (secondary N) is 1. The molecule has 1 amide bonds. The lowest BCUT2D eigenvalue weighted by Crippen LogP contribution is -2.43. The molecule has 6 heteroatoms. The Kier molecular flexibility index (Phi) is 7.67. The number of nitrogens with zero attached hydrogens (tertiary/aromatic N) is 2. The molecule has 31 heavy (non-hydrogen) atoms. The summed E-state index contributed by atoms with van der Waals surface area (Å²) in [4.78, 5) is 17.6. The number of amides is 1. The molecule has 2 aromatic rings. The third-order valence-corrected chi connectivity index (χ3v) is 6.27. The van der Waals surface area contributed by atoms with Gasteiger partial charge in [0.25, 0.3) is 5.91 Å². The summed E-state index contributed by atoms with van der Waals surface area (Å²) in [5, 5.41) is 3.08. The van der Waals surface area contributed by atoms with E-state index in [2.05, 4.69) is 27.2 Å². The van der Waals surface area contributed by atoms with Gasteiger partial charge in [0.15, 0.2) is 0 Å². The van der Waals surface area contributed by atoms with Gasteiger partial charge in [-0.15, -0.1) is 0 Å². The van der Waals surface area contributed by atoms with Gasteiger partial charge in [0, 0.05) is 31.7 Å². The Balaban J connectivity index is 1.37. The van der Waals surface area contributed by atoms with E-state index in [1.165, 1.54) is 37.0 Å². The van der Waals surface area contributed by atoms with E-state index in [1.54, 1.807) is 12.1 Å². The van der Waals surface area contributed by atoms with Gasteiger partial charge in [-0.05, 0) is 61.3 Å². The molecule has 1 N–H and O–H groups in total. The monoisotopic (exact) mass is 425 g/mol. The zero-order chi connectivity index (χ0) is 21.5. The molecule has 0 aromatic heterocycles. The number of hydrogen-bond acceptors (Lipinski definition) is 4. The first-order chi connectivity index (χ1) is 15.2. The lowest BCUT2D eigenvalue weighted by molar-refractivity contribution is 0.0162. The quantitative estimate of drug-likeness (QED) is 0.736. The molecule has 2 aliphatic rings. The van der Waals surface area contributed by atoms with Gasteiger partial charge < -0.3 is 10.1 Å². The number of likely N-dealkylation sites (tertiary alicyclic amines) is 1. The molecule has 2 heterocycles. The van der Waals surface area contributed by atoms with E-state index in [4.69, 9.17) is 4.74 Å². The second kappa shape index (κ2) is 10.8. The first-order valence-electron chi connectivity index (χ1n) is 11.4. The van der Waals surface area contributed by atoms with E-state index < -0.39 is 0 Å². The average molecular weight is 426 g/mol. The maximum atomic E-state index is 13.4. The smallest absolute Gasteiger partial charge is 0.251 e. The molecule has 2 aromatic carbocycles. The number of carbonyl (C=O) groups excluding carboxylic acids is 1. The zero-order valence-corrected chi connectivity index (χ0v) is 18.1. The lowest BCUT2D eigenvalue weighted by atomic mass is 10.0. The van der Waals surface area contributed by atoms with Crippen LogP contribution in [0.5, 0.6) is 0 Å². The van der Waals surface area contributed by atoms with Crippen molar-refractivity contribution in [1.82, 2.24) is 15.1 Å². The Morgan fingerprint density at radius 1 is 0.935 bits per heavy atom. The van der Waals surface area contributed by atoms with Gasteiger partial charge in [0.1, 0.15) is 5.82 Å². The molecule has 1 unspecified atom stereocenters. The van der Waals surface area contributed by atoms with Gasteiger partial charge >= 0.3 is 0 Å². The summed E-state index contributed by atoms with van der Waals surface area (Å²) in [5.74, 6) is -0.331. The molecule has 2 aliphatic heterocycles. The van der Waals surface area contributed by atoms with Crippen LogP contribution in [0.1, 0.15) is 46.8 Å². The van der Waals surface area contributed by atoms with Crippen molar-refractivity contribution >= 4 is 5.91 Å². The summed E-state index contributed by atoms with van der Waals surface area (Å²) >= 11 is 0. The normalized spacial score (nSPS) is 19.1. The fourth-order valence-electron chi connectivity index (χ4n) is 4.46. The van der Waals surface area contributed by atoms with Crippen molar-refractivity contribution in [2.75, 3.05) is 45.9 Å². The van der Waals surface area contributed by atoms with Crippen LogP contribution in [-0.2, 0) is 11.3 Å². The van der Waals surface area contributed by atoms with E-state index in [0.29, 0.717) is 25.3 Å². The van der Waals surface area contributed by atoms with Crippen LogP contribution in [0.25, 0.3) is 0 Å². The SMILES string of the molecule is O=C(NCC(c1ccc(F)cc1)N1CCOCC1)c1ccc(CN2CCCCC2)cc1. The molecule has 2 saturated heterocycles. The van der Waals surface area contributed by atoms with E-state index >= 15 is 0 Å². The molecule has 5 nitrogen and oxygen atoms in total. The van der Waals surface area contributed by atoms with Crippen molar-refractivity contribution in [3.63, 3.8) is 0 Å². The number of morpholine rings is 1. The van der Waals surface area contributed by atoms with Crippen LogP contribution in [0.4, 0.5) is 4.39 Å². The van der Waals surface area contributed by atoms with Crippen LogP contribution in [0, 0.1) is 5.82 Å². The molecule has 0 aliphatic carbocycles. The minimum absolute atomic E-state index is 0.00757. The fraction of sp³-hybridized carbons (Fsp3) is 0.480. The van der Waals surface area contributed by atoms with Crippen LogP contribution >= 0.6 is 0 Å². The second-order valence-corrected chi connectivity index (χ2v) is 8.46. The van der Waals surface area contributed by atoms with Gasteiger partial charge in [0.05, 0.1) is 19.3 Å². The van der Waals surface area contributed by atoms with Crippen LogP contribution in [0.15, 0.2) is 48.5 Å². The van der Waals surface area contributed by atoms with Crippen molar-refractivity contribution in [1.29, 1.82) is 0 Å². The first-order valence-corrected chi connectivity index (χ1v) is 11.4. The average Bonchev–Trinajstić information content (AvgIpc) is 2.82. The number of benzene rings is 2. The Morgan fingerprint density at radius 3 is 2.29 bits per heavy atom. The van der Waals surface area contributed by atoms with Crippen LogP contribution < -0.4 is 5.32 Å². The van der Waals surface area contributed by atoms with Crippen LogP contribution in [-0.4, -0.2) is 61.6 Å². The number of ether oxygens (including phenoxy) is 1. The minimum atomic E-state index is -0.252. The second-order valence-electron chi connectivity index (χ2n) is 8.46. The highest BCUT2D eigenvalue weighted by molar-refractivity contribution is 5.94. The van der Waals surface area contributed by atoms with Crippen molar-refractivity contribution in [3.8, 4) is 0 Å². The highest BCUT2D eigenvalue weighted by atomic mass is 19.1. The number of halogens is 1. The summed E-state index contributed by atoms with van der Waals surface area (Å²) in [6.07, 6.45) is 3.89. The van der Waals surface area contributed by atoms with Gasteiger partial charge in [-0.3, -0.25) is 14.6 Å². The Bertz CT molecular complexity index is 829. The van der Waals surface area contributed by atoms with Gasteiger partial charge in [-0.1, -0.05) is 30.7 Å². The number of piperidine rings is 1. The fourth-order valence-corrected chi connectivity index (χ4v) is 4.46. The van der Waals surface area contributed by atoms with Crippen molar-refractivity contribution in [2.24, 2.45) is 0 Å². The van der Waals surface area contributed by atoms with Crippen molar-refractivity contribution in [2.45, 2.75) is 31.8 Å². The Morgan fingerprint density at radius 2 is 1.61 bits per heavy atom. The maximum absolute atomic E-state index is 13.4. The third-order valence-electron chi connectivity index (χ3n) is 6.27. The Labute approximate surface area is 184 Å². The van der Waals surface area contributed by atoms with E-state index in [0.717, 1.165) is 38.3 Å². The molecule has 0 spiro atoms. The third kappa shape index (κ3) is 6.12. The molecular formula is C25H32FN3O2. The topological polar surface area (TPSA) is 44.8 Å². The highest BCUT2D eigenvalue weighted by Crippen LogP contribution is 2.22. The molecule has 2 fully saturated rings. The van der Waals surface area contributed by atoms with Crippen LogP contribution in [0.2, 0.25) is 0 Å². The lowest BCUT2D eigenvalue weighted by Gasteiger charge is -2.35. The summed E-state index contributed by atoms with van der Waals surface area (Å²) < 4.78 is 18.9. The summed E-state index contributed by atoms with van der Waals surface area (Å²) in [7, 11) is 0.